The van der Waals surface area contributed by atoms with E-state index in [1.165, 1.54) is 36.5 Å². The van der Waals surface area contributed by atoms with Gasteiger partial charge in [0.05, 0.1) is 7.11 Å². The topological polar surface area (TPSA) is 43.4 Å². The zero-order valence-corrected chi connectivity index (χ0v) is 15.8. The number of ether oxygens (including phenoxy) is 1. The minimum absolute atomic E-state index is 0.750. The molecule has 0 unspecified atom stereocenters. The number of benzene rings is 1. The number of allylic oxidation sites excluding steroid dienone is 1. The summed E-state index contributed by atoms with van der Waals surface area (Å²) in [6.45, 7) is 6.73. The molecule has 1 aromatic heterocycles. The third kappa shape index (κ3) is 4.38. The van der Waals surface area contributed by atoms with Crippen molar-refractivity contribution >= 4 is 17.8 Å². The van der Waals surface area contributed by atoms with Crippen molar-refractivity contribution in [2.45, 2.75) is 26.3 Å². The van der Waals surface area contributed by atoms with E-state index in [1.54, 1.807) is 7.11 Å². The van der Waals surface area contributed by atoms with Crippen LogP contribution in [0.5, 0.6) is 5.75 Å². The van der Waals surface area contributed by atoms with E-state index in [-0.39, 0.29) is 0 Å². The highest BCUT2D eigenvalue weighted by molar-refractivity contribution is 5.69. The second-order valence-electron chi connectivity index (χ2n) is 6.70. The lowest BCUT2D eigenvalue weighted by atomic mass is 10.1. The monoisotopic (exact) mass is 351 g/mol. The lowest BCUT2D eigenvalue weighted by Crippen LogP contribution is -2.32. The average Bonchev–Trinajstić information content (AvgIpc) is 3.33. The summed E-state index contributed by atoms with van der Waals surface area (Å²) < 4.78 is 7.53. The first kappa shape index (κ1) is 18.3. The fourth-order valence-electron chi connectivity index (χ4n) is 3.48. The molecule has 2 N–H and O–H groups in total. The number of hydrogen-bond donors (Lipinski definition) is 1. The van der Waals surface area contributed by atoms with Crippen LogP contribution in [0.15, 0.2) is 42.6 Å². The van der Waals surface area contributed by atoms with Crippen LogP contribution in [-0.2, 0) is 6.54 Å². The van der Waals surface area contributed by atoms with Gasteiger partial charge in [0.25, 0.3) is 0 Å². The molecule has 0 amide bonds. The predicted octanol–water partition coefficient (Wildman–Crippen LogP) is 2.17. The molecule has 1 fully saturated rings. The van der Waals surface area contributed by atoms with Crippen LogP contribution in [0.2, 0.25) is 0 Å². The number of nitrogens with zero attached hydrogens (tertiary/aromatic N) is 2. The van der Waals surface area contributed by atoms with E-state index in [0.29, 0.717) is 0 Å². The zero-order chi connectivity index (χ0) is 18.4. The van der Waals surface area contributed by atoms with Gasteiger partial charge in [-0.3, -0.25) is 0 Å². The molecular formula is C22H29N3O. The summed E-state index contributed by atoms with van der Waals surface area (Å²) >= 11 is 0. The third-order valence-electron chi connectivity index (χ3n) is 5.03. The molecule has 1 saturated heterocycles. The largest absolute Gasteiger partial charge is 0.497 e. The highest BCUT2D eigenvalue weighted by Crippen LogP contribution is 2.15. The Labute approximate surface area is 155 Å². The molecule has 4 nitrogen and oxygen atoms in total. The van der Waals surface area contributed by atoms with Crippen LogP contribution < -0.4 is 21.0 Å². The Bertz CT molecular complexity index is 856. The summed E-state index contributed by atoms with van der Waals surface area (Å²) in [5, 5.41) is 2.45. The minimum Gasteiger partial charge on any atom is -0.497 e. The van der Waals surface area contributed by atoms with Crippen molar-refractivity contribution in [3.05, 3.63) is 58.7 Å². The molecule has 2 aromatic rings. The van der Waals surface area contributed by atoms with Crippen LogP contribution in [0, 0.1) is 0 Å². The first-order valence-electron chi connectivity index (χ1n) is 9.37. The van der Waals surface area contributed by atoms with Gasteiger partial charge < -0.3 is 19.9 Å². The lowest BCUT2D eigenvalue weighted by molar-refractivity contribution is 0.321. The zero-order valence-electron chi connectivity index (χ0n) is 15.8. The van der Waals surface area contributed by atoms with E-state index in [4.69, 9.17) is 10.5 Å². The number of nitrogens with two attached hydrogens (primary N) is 1. The van der Waals surface area contributed by atoms with Gasteiger partial charge in [-0.2, -0.15) is 0 Å². The highest BCUT2D eigenvalue weighted by Gasteiger charge is 2.10. The molecule has 0 radical (unpaired) electrons. The van der Waals surface area contributed by atoms with E-state index >= 15 is 0 Å². The van der Waals surface area contributed by atoms with Crippen LogP contribution in [0.4, 0.5) is 0 Å². The van der Waals surface area contributed by atoms with Crippen molar-refractivity contribution in [2.24, 2.45) is 5.73 Å². The summed E-state index contributed by atoms with van der Waals surface area (Å²) in [6.07, 6.45) is 11.1. The Hall–Kier alpha value is -2.46. The van der Waals surface area contributed by atoms with Crippen molar-refractivity contribution in [1.29, 1.82) is 0 Å². The number of likely N-dealkylation sites (tertiary alicyclic amines) is 1. The summed E-state index contributed by atoms with van der Waals surface area (Å²) in [6, 6.07) is 9.97. The molecule has 0 bridgehead atoms. The molecule has 4 heteroatoms. The lowest BCUT2D eigenvalue weighted by Gasteiger charge is -2.14. The Kier molecular flexibility index (Phi) is 6.18. The molecule has 1 aliphatic heterocycles. The van der Waals surface area contributed by atoms with Crippen LogP contribution in [0.1, 0.15) is 25.3 Å². The van der Waals surface area contributed by atoms with Gasteiger partial charge in [0.2, 0.25) is 0 Å². The third-order valence-corrected chi connectivity index (χ3v) is 5.03. The van der Waals surface area contributed by atoms with E-state index in [2.05, 4.69) is 40.8 Å². The Balaban J connectivity index is 1.76. The molecule has 1 aliphatic rings. The molecular weight excluding hydrogens is 322 g/mol. The Morgan fingerprint density at radius 1 is 1.12 bits per heavy atom. The second-order valence-corrected chi connectivity index (χ2v) is 6.70. The summed E-state index contributed by atoms with van der Waals surface area (Å²) in [7, 11) is 1.67. The molecule has 0 atom stereocenters. The number of hydrogen-bond acceptors (Lipinski definition) is 3. The van der Waals surface area contributed by atoms with Crippen LogP contribution in [0.25, 0.3) is 17.8 Å². The SMILES string of the molecule is C/C=c1/c(=C\C=C(/N)c2ccc(OC)cc2)ccn1CCN1CCCC1. The van der Waals surface area contributed by atoms with Crippen LogP contribution in [0.3, 0.4) is 0 Å². The first-order valence-corrected chi connectivity index (χ1v) is 9.37. The molecule has 1 aromatic carbocycles. The first-order chi connectivity index (χ1) is 12.7. The van der Waals surface area contributed by atoms with E-state index in [1.807, 2.05) is 30.3 Å². The molecule has 26 heavy (non-hydrogen) atoms. The van der Waals surface area contributed by atoms with Gasteiger partial charge in [0, 0.05) is 30.3 Å². The molecule has 2 heterocycles. The maximum absolute atomic E-state index is 6.24. The molecule has 138 valence electrons. The van der Waals surface area contributed by atoms with Gasteiger partial charge in [-0.25, -0.2) is 0 Å². The summed E-state index contributed by atoms with van der Waals surface area (Å²) in [5.41, 5.74) is 7.99. The van der Waals surface area contributed by atoms with Crippen molar-refractivity contribution in [3.63, 3.8) is 0 Å². The quantitative estimate of drug-likeness (QED) is 0.867. The standard InChI is InChI=1S/C22H29N3O/c1-3-22-19(12-15-25(22)17-16-24-13-4-5-14-24)8-11-21(23)18-6-9-20(26-2)10-7-18/h3,6-12,15H,4-5,13-14,16-17,23H2,1-2H3/b19-8-,21-11-,22-3-. The van der Waals surface area contributed by atoms with Gasteiger partial charge in [-0.1, -0.05) is 12.2 Å². The normalized spacial score (nSPS) is 17.2. The van der Waals surface area contributed by atoms with Gasteiger partial charge in [-0.05, 0) is 80.0 Å². The van der Waals surface area contributed by atoms with E-state index < -0.39 is 0 Å². The van der Waals surface area contributed by atoms with Crippen molar-refractivity contribution in [2.75, 3.05) is 26.7 Å². The molecule has 0 aliphatic carbocycles. The van der Waals surface area contributed by atoms with Gasteiger partial charge in [0.15, 0.2) is 0 Å². The van der Waals surface area contributed by atoms with Crippen LogP contribution in [-0.4, -0.2) is 36.2 Å². The second kappa shape index (κ2) is 8.77. The van der Waals surface area contributed by atoms with Crippen molar-refractivity contribution in [1.82, 2.24) is 9.47 Å². The number of aromatic nitrogens is 1. The van der Waals surface area contributed by atoms with Crippen molar-refractivity contribution in [3.8, 4) is 5.75 Å². The molecule has 3 rings (SSSR count). The maximum Gasteiger partial charge on any atom is 0.118 e. The molecule has 0 spiro atoms. The van der Waals surface area contributed by atoms with Crippen molar-refractivity contribution < 1.29 is 4.74 Å². The van der Waals surface area contributed by atoms with Gasteiger partial charge in [-0.15, -0.1) is 0 Å². The summed E-state index contributed by atoms with van der Waals surface area (Å²) in [4.78, 5) is 2.55. The highest BCUT2D eigenvalue weighted by atomic mass is 16.5. The minimum atomic E-state index is 0.750. The smallest absolute Gasteiger partial charge is 0.118 e. The maximum atomic E-state index is 6.24. The Morgan fingerprint density at radius 3 is 2.50 bits per heavy atom. The predicted molar refractivity (Wildman–Crippen MR) is 109 cm³/mol. The van der Waals surface area contributed by atoms with E-state index in [0.717, 1.165) is 30.1 Å². The average molecular weight is 351 g/mol. The number of methoxy groups -OCH3 is 1. The fraction of sp³-hybridized carbons (Fsp3) is 0.364. The Morgan fingerprint density at radius 2 is 1.85 bits per heavy atom. The van der Waals surface area contributed by atoms with E-state index in [9.17, 15) is 0 Å². The number of rotatable bonds is 6. The van der Waals surface area contributed by atoms with Gasteiger partial charge >= 0.3 is 0 Å². The summed E-state index contributed by atoms with van der Waals surface area (Å²) in [5.74, 6) is 0.837. The molecule has 0 saturated carbocycles. The van der Waals surface area contributed by atoms with Gasteiger partial charge in [0.1, 0.15) is 5.75 Å². The van der Waals surface area contributed by atoms with Crippen LogP contribution >= 0.6 is 0 Å². The fourth-order valence-corrected chi connectivity index (χ4v) is 3.48.